The molecule has 0 bridgehead atoms. The van der Waals surface area contributed by atoms with E-state index in [9.17, 15) is 0 Å². The predicted octanol–water partition coefficient (Wildman–Crippen LogP) is 6.22. The molecule has 120 valence electrons. The largest absolute Gasteiger partial charge is 0.248 e. The van der Waals surface area contributed by atoms with Gasteiger partial charge in [-0.1, -0.05) is 36.4 Å². The lowest BCUT2D eigenvalue weighted by atomic mass is 9.85. The van der Waals surface area contributed by atoms with Crippen molar-refractivity contribution in [2.45, 2.75) is 27.7 Å². The van der Waals surface area contributed by atoms with Crippen LogP contribution >= 0.6 is 0 Å². The second kappa shape index (κ2) is 6.79. The summed E-state index contributed by atoms with van der Waals surface area (Å²) in [5.74, 6) is 0. The molecule has 1 aliphatic rings. The van der Waals surface area contributed by atoms with Crippen LogP contribution in [-0.2, 0) is 0 Å². The number of aliphatic imine (C=N–C) groups is 2. The molecule has 0 N–H and O–H groups in total. The van der Waals surface area contributed by atoms with Crippen molar-refractivity contribution in [2.24, 2.45) is 9.98 Å². The minimum Gasteiger partial charge on any atom is -0.248 e. The second-order valence-corrected chi connectivity index (χ2v) is 6.09. The van der Waals surface area contributed by atoms with Crippen LogP contribution in [-0.4, -0.2) is 11.4 Å². The summed E-state index contributed by atoms with van der Waals surface area (Å²) < 4.78 is 0. The van der Waals surface area contributed by atoms with Crippen molar-refractivity contribution < 1.29 is 0 Å². The van der Waals surface area contributed by atoms with Gasteiger partial charge in [0.15, 0.2) is 0 Å². The van der Waals surface area contributed by atoms with Crippen molar-refractivity contribution in [1.29, 1.82) is 0 Å². The highest BCUT2D eigenvalue weighted by Gasteiger charge is 2.22. The fourth-order valence-corrected chi connectivity index (χ4v) is 2.87. The minimum absolute atomic E-state index is 0.982. The Morgan fingerprint density at radius 3 is 1.04 bits per heavy atom. The third-order valence-electron chi connectivity index (χ3n) is 4.54. The highest BCUT2D eigenvalue weighted by molar-refractivity contribution is 6.28. The number of hydrogen-bond donors (Lipinski definition) is 0. The Kier molecular flexibility index (Phi) is 4.57. The molecule has 2 aromatic rings. The molecule has 0 unspecified atom stereocenters. The smallest absolute Gasteiger partial charge is 0.0702 e. The van der Waals surface area contributed by atoms with Crippen LogP contribution in [0.5, 0.6) is 0 Å². The highest BCUT2D eigenvalue weighted by atomic mass is 14.8. The van der Waals surface area contributed by atoms with Gasteiger partial charge in [-0.05, 0) is 74.3 Å². The molecule has 0 saturated carbocycles. The SMILES string of the molecule is CC1=C(C)C(=Nc2ccccc2)C(C)=C(C)C1=Nc1ccccc1. The van der Waals surface area contributed by atoms with E-state index in [1.54, 1.807) is 0 Å². The molecular formula is C22H22N2. The summed E-state index contributed by atoms with van der Waals surface area (Å²) in [5, 5.41) is 0. The van der Waals surface area contributed by atoms with Gasteiger partial charge in [-0.25, -0.2) is 9.98 Å². The van der Waals surface area contributed by atoms with Crippen LogP contribution in [0, 0.1) is 0 Å². The van der Waals surface area contributed by atoms with Crippen molar-refractivity contribution in [3.8, 4) is 0 Å². The van der Waals surface area contributed by atoms with E-state index in [1.165, 1.54) is 22.3 Å². The fourth-order valence-electron chi connectivity index (χ4n) is 2.87. The minimum atomic E-state index is 0.982. The third-order valence-corrected chi connectivity index (χ3v) is 4.54. The molecule has 0 aliphatic heterocycles. The molecule has 2 nitrogen and oxygen atoms in total. The summed E-state index contributed by atoms with van der Waals surface area (Å²) in [5.41, 5.74) is 8.85. The van der Waals surface area contributed by atoms with Crippen molar-refractivity contribution in [3.63, 3.8) is 0 Å². The summed E-state index contributed by atoms with van der Waals surface area (Å²) in [6.07, 6.45) is 0. The summed E-state index contributed by atoms with van der Waals surface area (Å²) in [7, 11) is 0. The van der Waals surface area contributed by atoms with Gasteiger partial charge < -0.3 is 0 Å². The van der Waals surface area contributed by atoms with Gasteiger partial charge in [0.05, 0.1) is 22.8 Å². The average Bonchev–Trinajstić information content (AvgIpc) is 2.62. The lowest BCUT2D eigenvalue weighted by Gasteiger charge is -2.22. The Labute approximate surface area is 144 Å². The summed E-state index contributed by atoms with van der Waals surface area (Å²) in [6, 6.07) is 20.2. The Balaban J connectivity index is 2.10. The van der Waals surface area contributed by atoms with Gasteiger partial charge in [0.1, 0.15) is 0 Å². The zero-order chi connectivity index (χ0) is 17.1. The molecule has 0 amide bonds. The van der Waals surface area contributed by atoms with E-state index in [0.717, 1.165) is 22.8 Å². The molecule has 3 rings (SSSR count). The first-order valence-corrected chi connectivity index (χ1v) is 8.22. The van der Waals surface area contributed by atoms with Crippen LogP contribution in [0.3, 0.4) is 0 Å². The topological polar surface area (TPSA) is 24.7 Å². The highest BCUT2D eigenvalue weighted by Crippen LogP contribution is 2.29. The van der Waals surface area contributed by atoms with E-state index in [1.807, 2.05) is 60.7 Å². The Morgan fingerprint density at radius 2 is 0.750 bits per heavy atom. The van der Waals surface area contributed by atoms with Gasteiger partial charge in [-0.2, -0.15) is 0 Å². The van der Waals surface area contributed by atoms with Gasteiger partial charge in [0, 0.05) is 0 Å². The molecule has 0 atom stereocenters. The molecule has 0 radical (unpaired) electrons. The van der Waals surface area contributed by atoms with E-state index in [-0.39, 0.29) is 0 Å². The molecule has 0 aromatic heterocycles. The monoisotopic (exact) mass is 314 g/mol. The Bertz CT molecular complexity index is 763. The van der Waals surface area contributed by atoms with E-state index in [0.29, 0.717) is 0 Å². The van der Waals surface area contributed by atoms with Crippen molar-refractivity contribution in [3.05, 3.63) is 83.0 Å². The maximum atomic E-state index is 4.87. The standard InChI is InChI=1S/C22H22N2/c1-15-16(2)22(24-20-13-9-6-10-14-20)18(4)17(3)21(15)23-19-11-7-5-8-12-19/h5-14H,1-4H3. The maximum Gasteiger partial charge on any atom is 0.0702 e. The third kappa shape index (κ3) is 3.13. The lowest BCUT2D eigenvalue weighted by molar-refractivity contribution is 1.29. The molecule has 0 heterocycles. The number of rotatable bonds is 2. The average molecular weight is 314 g/mol. The molecule has 2 aromatic carbocycles. The van der Waals surface area contributed by atoms with E-state index in [4.69, 9.17) is 9.98 Å². The molecule has 0 fully saturated rings. The molecular weight excluding hydrogens is 292 g/mol. The zero-order valence-corrected chi connectivity index (χ0v) is 14.7. The number of allylic oxidation sites excluding steroid dienone is 4. The predicted molar refractivity (Wildman–Crippen MR) is 104 cm³/mol. The second-order valence-electron chi connectivity index (χ2n) is 6.09. The van der Waals surface area contributed by atoms with Crippen LogP contribution in [0.15, 0.2) is 92.9 Å². The molecule has 0 saturated heterocycles. The van der Waals surface area contributed by atoms with Crippen molar-refractivity contribution >= 4 is 22.8 Å². The molecule has 2 heteroatoms. The summed E-state index contributed by atoms with van der Waals surface area (Å²) in [4.78, 5) is 9.74. The van der Waals surface area contributed by atoms with E-state index < -0.39 is 0 Å². The van der Waals surface area contributed by atoms with Gasteiger partial charge in [-0.3, -0.25) is 0 Å². The molecule has 0 spiro atoms. The van der Waals surface area contributed by atoms with Gasteiger partial charge in [0.25, 0.3) is 0 Å². The van der Waals surface area contributed by atoms with Crippen LogP contribution in [0.2, 0.25) is 0 Å². The number of nitrogens with zero attached hydrogens (tertiary/aromatic N) is 2. The first-order chi connectivity index (χ1) is 11.6. The van der Waals surface area contributed by atoms with E-state index in [2.05, 4.69) is 27.7 Å². The van der Waals surface area contributed by atoms with Crippen molar-refractivity contribution in [2.75, 3.05) is 0 Å². The summed E-state index contributed by atoms with van der Waals surface area (Å²) >= 11 is 0. The Hall–Kier alpha value is -2.74. The maximum absolute atomic E-state index is 4.87. The fraction of sp³-hybridized carbons (Fsp3) is 0.182. The lowest BCUT2D eigenvalue weighted by Crippen LogP contribution is -2.19. The number of benzene rings is 2. The first kappa shape index (κ1) is 16.1. The Morgan fingerprint density at radius 1 is 0.458 bits per heavy atom. The van der Waals surface area contributed by atoms with Crippen LogP contribution in [0.4, 0.5) is 11.4 Å². The zero-order valence-electron chi connectivity index (χ0n) is 14.7. The van der Waals surface area contributed by atoms with Gasteiger partial charge in [-0.15, -0.1) is 0 Å². The molecule has 24 heavy (non-hydrogen) atoms. The number of hydrogen-bond acceptors (Lipinski definition) is 2. The summed E-state index contributed by atoms with van der Waals surface area (Å²) in [6.45, 7) is 8.53. The number of para-hydroxylation sites is 2. The van der Waals surface area contributed by atoms with Gasteiger partial charge >= 0.3 is 0 Å². The van der Waals surface area contributed by atoms with E-state index >= 15 is 0 Å². The van der Waals surface area contributed by atoms with Gasteiger partial charge in [0.2, 0.25) is 0 Å². The van der Waals surface area contributed by atoms with Crippen LogP contribution in [0.1, 0.15) is 27.7 Å². The quantitative estimate of drug-likeness (QED) is 0.588. The molecule has 1 aliphatic carbocycles. The first-order valence-electron chi connectivity index (χ1n) is 8.22. The van der Waals surface area contributed by atoms with Crippen LogP contribution < -0.4 is 0 Å². The normalized spacial score (nSPS) is 15.0. The van der Waals surface area contributed by atoms with Crippen LogP contribution in [0.25, 0.3) is 0 Å². The van der Waals surface area contributed by atoms with Crippen molar-refractivity contribution in [1.82, 2.24) is 0 Å².